The van der Waals surface area contributed by atoms with E-state index in [1.54, 1.807) is 18.3 Å². The molecule has 2 fully saturated rings. The molecule has 6 nitrogen and oxygen atoms in total. The van der Waals surface area contributed by atoms with Crippen LogP contribution in [0.25, 0.3) is 0 Å². The molecule has 1 unspecified atom stereocenters. The Balaban J connectivity index is 1.43. The van der Waals surface area contributed by atoms with Crippen LogP contribution in [0, 0.1) is 13.8 Å². The summed E-state index contributed by atoms with van der Waals surface area (Å²) in [5, 5.41) is 0. The van der Waals surface area contributed by atoms with Crippen LogP contribution in [0.3, 0.4) is 0 Å². The van der Waals surface area contributed by atoms with E-state index in [-0.39, 0.29) is 17.9 Å². The van der Waals surface area contributed by atoms with Gasteiger partial charge >= 0.3 is 0 Å². The topological polar surface area (TPSA) is 62.7 Å². The van der Waals surface area contributed by atoms with Gasteiger partial charge in [0.05, 0.1) is 6.54 Å². The quantitative estimate of drug-likeness (QED) is 0.777. The van der Waals surface area contributed by atoms with E-state index in [1.807, 2.05) is 35.8 Å². The molecule has 0 saturated carbocycles. The van der Waals surface area contributed by atoms with Gasteiger partial charge in [-0.25, -0.2) is 4.98 Å². The summed E-state index contributed by atoms with van der Waals surface area (Å²) in [5.74, 6) is 0.385. The molecule has 0 bridgehead atoms. The number of likely N-dealkylation sites (tertiary alicyclic amines) is 2. The predicted octanol–water partition coefficient (Wildman–Crippen LogP) is 3.62. The number of aromatic nitrogens is 1. The molecule has 3 heterocycles. The van der Waals surface area contributed by atoms with Gasteiger partial charge in [0.25, 0.3) is 11.8 Å². The van der Waals surface area contributed by atoms with E-state index < -0.39 is 0 Å². The second-order valence-electron chi connectivity index (χ2n) is 8.37. The van der Waals surface area contributed by atoms with Crippen molar-refractivity contribution in [1.29, 1.82) is 0 Å². The Morgan fingerprint density at radius 1 is 0.967 bits per heavy atom. The first-order chi connectivity index (χ1) is 14.5. The standard InChI is InChI=1S/C24H29N3O3/c1-17-13-18(2)15-19(14-17)23(28)27-12-8-20(16-27)30-22-21(7-6-9-25-22)24(29)26-10-4-3-5-11-26/h6-7,9,13-15,20H,3-5,8,10-12,16H2,1-2H3. The molecule has 2 saturated heterocycles. The summed E-state index contributed by atoms with van der Waals surface area (Å²) < 4.78 is 6.13. The summed E-state index contributed by atoms with van der Waals surface area (Å²) in [6, 6.07) is 9.48. The zero-order valence-electron chi connectivity index (χ0n) is 17.8. The number of ether oxygens (including phenoxy) is 1. The number of carbonyl (C=O) groups excluding carboxylic acids is 2. The minimum Gasteiger partial charge on any atom is -0.472 e. The number of benzene rings is 1. The van der Waals surface area contributed by atoms with Crippen molar-refractivity contribution in [3.8, 4) is 5.88 Å². The highest BCUT2D eigenvalue weighted by Gasteiger charge is 2.30. The van der Waals surface area contributed by atoms with Gasteiger partial charge in [0, 0.05) is 37.8 Å². The van der Waals surface area contributed by atoms with Crippen LogP contribution in [0.2, 0.25) is 0 Å². The fourth-order valence-corrected chi connectivity index (χ4v) is 4.36. The number of rotatable bonds is 4. The molecule has 30 heavy (non-hydrogen) atoms. The molecule has 1 aromatic heterocycles. The number of aryl methyl sites for hydroxylation is 2. The van der Waals surface area contributed by atoms with Crippen molar-refractivity contribution in [2.24, 2.45) is 0 Å². The van der Waals surface area contributed by atoms with Crippen LogP contribution in [0.5, 0.6) is 5.88 Å². The van der Waals surface area contributed by atoms with Gasteiger partial charge in [0.2, 0.25) is 5.88 Å². The fourth-order valence-electron chi connectivity index (χ4n) is 4.36. The maximum absolute atomic E-state index is 13.0. The summed E-state index contributed by atoms with van der Waals surface area (Å²) in [5.41, 5.74) is 3.39. The summed E-state index contributed by atoms with van der Waals surface area (Å²) in [6.07, 6.45) is 5.47. The zero-order valence-corrected chi connectivity index (χ0v) is 17.8. The molecular weight excluding hydrogens is 378 g/mol. The molecule has 1 atom stereocenters. The van der Waals surface area contributed by atoms with Crippen molar-refractivity contribution in [3.63, 3.8) is 0 Å². The minimum absolute atomic E-state index is 0.0148. The van der Waals surface area contributed by atoms with Crippen LogP contribution in [0.1, 0.15) is 57.5 Å². The second-order valence-corrected chi connectivity index (χ2v) is 8.37. The van der Waals surface area contributed by atoms with E-state index in [0.717, 1.165) is 43.5 Å². The highest BCUT2D eigenvalue weighted by molar-refractivity contribution is 5.96. The fraction of sp³-hybridized carbons (Fsp3) is 0.458. The first-order valence-corrected chi connectivity index (χ1v) is 10.8. The lowest BCUT2D eigenvalue weighted by Gasteiger charge is -2.27. The number of hydrogen-bond acceptors (Lipinski definition) is 4. The first kappa shape index (κ1) is 20.4. The number of carbonyl (C=O) groups is 2. The van der Waals surface area contributed by atoms with E-state index in [2.05, 4.69) is 11.1 Å². The lowest BCUT2D eigenvalue weighted by Crippen LogP contribution is -2.36. The van der Waals surface area contributed by atoms with Gasteiger partial charge in [-0.15, -0.1) is 0 Å². The van der Waals surface area contributed by atoms with Crippen LogP contribution in [0.15, 0.2) is 36.5 Å². The Labute approximate surface area is 177 Å². The number of hydrogen-bond donors (Lipinski definition) is 0. The number of nitrogens with zero attached hydrogens (tertiary/aromatic N) is 3. The van der Waals surface area contributed by atoms with Crippen LogP contribution >= 0.6 is 0 Å². The summed E-state index contributed by atoms with van der Waals surface area (Å²) in [6.45, 7) is 6.71. The van der Waals surface area contributed by atoms with E-state index in [9.17, 15) is 9.59 Å². The highest BCUT2D eigenvalue weighted by atomic mass is 16.5. The zero-order chi connectivity index (χ0) is 21.1. The van der Waals surface area contributed by atoms with E-state index in [0.29, 0.717) is 30.1 Å². The van der Waals surface area contributed by atoms with Crippen molar-refractivity contribution in [2.45, 2.75) is 45.6 Å². The molecule has 0 N–H and O–H groups in total. The number of amides is 2. The number of piperidine rings is 1. The second kappa shape index (κ2) is 8.86. The predicted molar refractivity (Wildman–Crippen MR) is 115 cm³/mol. The van der Waals surface area contributed by atoms with Crippen molar-refractivity contribution >= 4 is 11.8 Å². The average molecular weight is 408 g/mol. The molecule has 0 spiro atoms. The molecule has 158 valence electrons. The molecule has 6 heteroatoms. The summed E-state index contributed by atoms with van der Waals surface area (Å²) >= 11 is 0. The molecular formula is C24H29N3O3. The van der Waals surface area contributed by atoms with Gasteiger partial charge in [0.15, 0.2) is 0 Å². The van der Waals surface area contributed by atoms with Crippen molar-refractivity contribution in [1.82, 2.24) is 14.8 Å². The molecule has 2 amide bonds. The maximum atomic E-state index is 13.0. The van der Waals surface area contributed by atoms with Gasteiger partial charge in [-0.2, -0.15) is 0 Å². The molecule has 0 aliphatic carbocycles. The van der Waals surface area contributed by atoms with E-state index in [4.69, 9.17) is 4.74 Å². The Morgan fingerprint density at radius 3 is 2.43 bits per heavy atom. The Bertz CT molecular complexity index is 917. The molecule has 2 aliphatic rings. The molecule has 1 aromatic carbocycles. The Kier molecular flexibility index (Phi) is 6.02. The van der Waals surface area contributed by atoms with Crippen LogP contribution in [-0.2, 0) is 0 Å². The SMILES string of the molecule is Cc1cc(C)cc(C(=O)N2CCC(Oc3ncccc3C(=O)N3CCCCC3)C2)c1. The third-order valence-corrected chi connectivity index (χ3v) is 5.82. The smallest absolute Gasteiger partial charge is 0.259 e. The lowest BCUT2D eigenvalue weighted by atomic mass is 10.1. The van der Waals surface area contributed by atoms with E-state index >= 15 is 0 Å². The van der Waals surface area contributed by atoms with Gasteiger partial charge in [-0.3, -0.25) is 9.59 Å². The minimum atomic E-state index is -0.164. The van der Waals surface area contributed by atoms with Gasteiger partial charge in [0.1, 0.15) is 11.7 Å². The van der Waals surface area contributed by atoms with Crippen molar-refractivity contribution in [2.75, 3.05) is 26.2 Å². The maximum Gasteiger partial charge on any atom is 0.259 e. The number of pyridine rings is 1. The van der Waals surface area contributed by atoms with Crippen LogP contribution in [0.4, 0.5) is 0 Å². The largest absolute Gasteiger partial charge is 0.472 e. The van der Waals surface area contributed by atoms with Crippen molar-refractivity contribution in [3.05, 3.63) is 58.8 Å². The summed E-state index contributed by atoms with van der Waals surface area (Å²) in [4.78, 5) is 33.9. The normalized spacial score (nSPS) is 19.1. The Morgan fingerprint density at radius 2 is 1.70 bits per heavy atom. The summed E-state index contributed by atoms with van der Waals surface area (Å²) in [7, 11) is 0. The lowest BCUT2D eigenvalue weighted by molar-refractivity contribution is 0.0708. The van der Waals surface area contributed by atoms with Crippen LogP contribution < -0.4 is 4.74 Å². The van der Waals surface area contributed by atoms with Crippen molar-refractivity contribution < 1.29 is 14.3 Å². The van der Waals surface area contributed by atoms with Crippen LogP contribution in [-0.4, -0.2) is 58.9 Å². The van der Waals surface area contributed by atoms with Gasteiger partial charge in [-0.05, 0) is 57.4 Å². The molecule has 2 aromatic rings. The van der Waals surface area contributed by atoms with E-state index in [1.165, 1.54) is 6.42 Å². The monoisotopic (exact) mass is 407 g/mol. The molecule has 2 aliphatic heterocycles. The Hall–Kier alpha value is -2.89. The van der Waals surface area contributed by atoms with Gasteiger partial charge < -0.3 is 14.5 Å². The molecule has 4 rings (SSSR count). The van der Waals surface area contributed by atoms with Gasteiger partial charge in [-0.1, -0.05) is 17.2 Å². The highest BCUT2D eigenvalue weighted by Crippen LogP contribution is 2.24. The third-order valence-electron chi connectivity index (χ3n) is 5.82. The first-order valence-electron chi connectivity index (χ1n) is 10.8. The molecule has 0 radical (unpaired) electrons. The average Bonchev–Trinajstić information content (AvgIpc) is 3.21. The third kappa shape index (κ3) is 4.48.